The second-order valence-corrected chi connectivity index (χ2v) is 5.08. The molecule has 19 heavy (non-hydrogen) atoms. The van der Waals surface area contributed by atoms with E-state index in [-0.39, 0.29) is 12.3 Å². The minimum atomic E-state index is -0.291. The van der Waals surface area contributed by atoms with Gasteiger partial charge >= 0.3 is 0 Å². The van der Waals surface area contributed by atoms with Gasteiger partial charge in [0.2, 0.25) is 0 Å². The van der Waals surface area contributed by atoms with E-state index in [0.29, 0.717) is 12.8 Å². The summed E-state index contributed by atoms with van der Waals surface area (Å²) >= 11 is 0. The molecule has 1 N–H and O–H groups in total. The highest BCUT2D eigenvalue weighted by Crippen LogP contribution is 2.35. The number of nitrogens with zero attached hydrogens (tertiary/aromatic N) is 3. The first-order chi connectivity index (χ1) is 9.14. The van der Waals surface area contributed by atoms with Crippen molar-refractivity contribution in [3.8, 4) is 12.3 Å². The summed E-state index contributed by atoms with van der Waals surface area (Å²) in [5, 5.41) is 16.2. The van der Waals surface area contributed by atoms with Crippen LogP contribution in [0.5, 0.6) is 0 Å². The van der Waals surface area contributed by atoms with Gasteiger partial charge in [0.25, 0.3) is 0 Å². The lowest BCUT2D eigenvalue weighted by Crippen LogP contribution is -2.12. The van der Waals surface area contributed by atoms with Crippen LogP contribution < -0.4 is 0 Å². The van der Waals surface area contributed by atoms with Crippen molar-refractivity contribution in [2.75, 3.05) is 26.7 Å². The smallest absolute Gasteiger partial charge is 0.194 e. The van der Waals surface area contributed by atoms with Crippen LogP contribution in [0.25, 0.3) is 0 Å². The van der Waals surface area contributed by atoms with Gasteiger partial charge in [0.15, 0.2) is 5.66 Å². The van der Waals surface area contributed by atoms with Crippen molar-refractivity contribution in [3.05, 3.63) is 0 Å². The number of terminal acetylenes is 1. The summed E-state index contributed by atoms with van der Waals surface area (Å²) in [5.41, 5.74) is -0.291. The van der Waals surface area contributed by atoms with Gasteiger partial charge < -0.3 is 10.0 Å². The van der Waals surface area contributed by atoms with E-state index in [9.17, 15) is 0 Å². The van der Waals surface area contributed by atoms with Crippen LogP contribution in [0.15, 0.2) is 10.2 Å². The monoisotopic (exact) mass is 267 g/mol. The summed E-state index contributed by atoms with van der Waals surface area (Å²) in [7, 11) is 2.17. The van der Waals surface area contributed by atoms with Gasteiger partial charge in [-0.1, -0.05) is 20.3 Å². The molecule has 0 aromatic carbocycles. The molecule has 0 aromatic rings. The van der Waals surface area contributed by atoms with Gasteiger partial charge in [-0.2, -0.15) is 10.2 Å². The van der Waals surface area contributed by atoms with Crippen LogP contribution in [0.3, 0.4) is 0 Å². The molecule has 0 bridgehead atoms. The molecule has 0 unspecified atom stereocenters. The lowest BCUT2D eigenvalue weighted by atomic mass is 10.1. The first-order valence-electron chi connectivity index (χ1n) is 7.31. The third-order valence-corrected chi connectivity index (χ3v) is 2.89. The lowest BCUT2D eigenvalue weighted by Gasteiger charge is -2.04. The minimum Gasteiger partial charge on any atom is -0.396 e. The van der Waals surface area contributed by atoms with E-state index in [2.05, 4.69) is 41.9 Å². The van der Waals surface area contributed by atoms with E-state index in [4.69, 9.17) is 11.5 Å². The molecule has 0 aromatic heterocycles. The van der Waals surface area contributed by atoms with Crippen molar-refractivity contribution in [1.29, 1.82) is 0 Å². The molecular formula is C15H29N3O. The van der Waals surface area contributed by atoms with Crippen LogP contribution in [0.1, 0.15) is 52.4 Å². The number of aliphatic hydroxyl groups excluding tert-OH is 1. The highest BCUT2D eigenvalue weighted by atomic mass is 16.3. The molecular weight excluding hydrogens is 238 g/mol. The first kappa shape index (κ1) is 18.1. The summed E-state index contributed by atoms with van der Waals surface area (Å²) in [4.78, 5) is 2.36. The Hall–Kier alpha value is -0.920. The van der Waals surface area contributed by atoms with E-state index in [0.717, 1.165) is 6.42 Å². The van der Waals surface area contributed by atoms with E-state index in [1.807, 2.05) is 0 Å². The van der Waals surface area contributed by atoms with E-state index in [1.165, 1.54) is 32.4 Å². The van der Waals surface area contributed by atoms with Crippen LogP contribution in [0, 0.1) is 12.3 Å². The van der Waals surface area contributed by atoms with Gasteiger partial charge in [0.1, 0.15) is 0 Å². The maximum atomic E-state index is 8.57. The third kappa shape index (κ3) is 9.63. The predicted molar refractivity (Wildman–Crippen MR) is 80.1 cm³/mol. The average Bonchev–Trinajstić information content (AvgIpc) is 2.99. The molecule has 2 aliphatic rings. The van der Waals surface area contributed by atoms with E-state index < -0.39 is 0 Å². The fourth-order valence-corrected chi connectivity index (χ4v) is 1.72. The molecule has 0 atom stereocenters. The third-order valence-electron chi connectivity index (χ3n) is 2.89. The van der Waals surface area contributed by atoms with Crippen LogP contribution >= 0.6 is 0 Å². The fraction of sp³-hybridized carbons (Fsp3) is 0.867. The fourth-order valence-electron chi connectivity index (χ4n) is 1.72. The molecule has 0 radical (unpaired) electrons. The van der Waals surface area contributed by atoms with Crippen molar-refractivity contribution in [2.24, 2.45) is 10.2 Å². The number of hydrogen-bond acceptors (Lipinski definition) is 4. The normalized spacial score (nSPS) is 18.7. The Bertz CT molecular complexity index is 272. The van der Waals surface area contributed by atoms with Crippen LogP contribution in [-0.4, -0.2) is 42.4 Å². The average molecular weight is 267 g/mol. The Morgan fingerprint density at radius 2 is 1.74 bits per heavy atom. The SMILES string of the molecule is C#CCCC1(CCO)N=N1.CCC.CN1CCCC1. The molecule has 1 saturated heterocycles. The molecule has 110 valence electrons. The van der Waals surface area contributed by atoms with Crippen molar-refractivity contribution in [2.45, 2.75) is 58.0 Å². The molecule has 0 spiro atoms. The topological polar surface area (TPSA) is 48.2 Å². The zero-order chi connectivity index (χ0) is 14.6. The minimum absolute atomic E-state index is 0.136. The Morgan fingerprint density at radius 1 is 1.21 bits per heavy atom. The molecule has 2 heterocycles. The molecule has 4 heteroatoms. The van der Waals surface area contributed by atoms with Gasteiger partial charge in [-0.25, -0.2) is 0 Å². The summed E-state index contributed by atoms with van der Waals surface area (Å²) < 4.78 is 0. The molecule has 4 nitrogen and oxygen atoms in total. The van der Waals surface area contributed by atoms with E-state index in [1.54, 1.807) is 0 Å². The van der Waals surface area contributed by atoms with Gasteiger partial charge in [-0.05, 0) is 33.0 Å². The first-order valence-corrected chi connectivity index (χ1v) is 7.31. The summed E-state index contributed by atoms with van der Waals surface area (Å²) in [5.74, 6) is 2.52. The molecule has 2 rings (SSSR count). The second kappa shape index (κ2) is 11.0. The largest absolute Gasteiger partial charge is 0.396 e. The predicted octanol–water partition coefficient (Wildman–Crippen LogP) is 3.07. The summed E-state index contributed by atoms with van der Waals surface area (Å²) in [6.45, 7) is 7.03. The standard InChI is InChI=1S/C7H10N2O.C5H11N.C3H8/c1-2-3-4-7(5-6-10)8-9-7;1-6-4-2-3-5-6;1-3-2/h1,10H,3-6H2;2-5H2,1H3;3H2,1-2H3. The van der Waals surface area contributed by atoms with Crippen LogP contribution in [0.2, 0.25) is 0 Å². The number of aliphatic hydroxyl groups is 1. The highest BCUT2D eigenvalue weighted by Gasteiger charge is 2.38. The van der Waals surface area contributed by atoms with Gasteiger partial charge in [0, 0.05) is 25.9 Å². The summed E-state index contributed by atoms with van der Waals surface area (Å²) in [6.07, 6.45) is 11.2. The Balaban J connectivity index is 0.000000306. The maximum absolute atomic E-state index is 8.57. The van der Waals surface area contributed by atoms with E-state index >= 15 is 0 Å². The van der Waals surface area contributed by atoms with Crippen LogP contribution in [0.4, 0.5) is 0 Å². The molecule has 2 aliphatic heterocycles. The second-order valence-electron chi connectivity index (χ2n) is 5.08. The Labute approximate surface area is 118 Å². The Kier molecular flexibility index (Phi) is 10.4. The number of rotatable bonds is 4. The van der Waals surface area contributed by atoms with Crippen molar-refractivity contribution >= 4 is 0 Å². The number of likely N-dealkylation sites (tertiary alicyclic amines) is 1. The molecule has 0 saturated carbocycles. The van der Waals surface area contributed by atoms with Gasteiger partial charge in [-0.15, -0.1) is 12.3 Å². The van der Waals surface area contributed by atoms with Crippen LogP contribution in [-0.2, 0) is 0 Å². The molecule has 0 aliphatic carbocycles. The van der Waals surface area contributed by atoms with Gasteiger partial charge in [0.05, 0.1) is 0 Å². The zero-order valence-electron chi connectivity index (χ0n) is 12.7. The zero-order valence-corrected chi connectivity index (χ0v) is 12.7. The van der Waals surface area contributed by atoms with Crippen molar-refractivity contribution in [3.63, 3.8) is 0 Å². The molecule has 1 fully saturated rings. The Morgan fingerprint density at radius 3 is 2.00 bits per heavy atom. The molecule has 0 amide bonds. The number of hydrogen-bond donors (Lipinski definition) is 1. The highest BCUT2D eigenvalue weighted by molar-refractivity contribution is 4.97. The van der Waals surface area contributed by atoms with Crippen molar-refractivity contribution in [1.82, 2.24) is 4.90 Å². The maximum Gasteiger partial charge on any atom is 0.194 e. The van der Waals surface area contributed by atoms with Crippen molar-refractivity contribution < 1.29 is 5.11 Å². The quantitative estimate of drug-likeness (QED) is 0.796. The lowest BCUT2D eigenvalue weighted by molar-refractivity contribution is 0.263. The summed E-state index contributed by atoms with van der Waals surface area (Å²) in [6, 6.07) is 0. The van der Waals surface area contributed by atoms with Gasteiger partial charge in [-0.3, -0.25) is 0 Å².